The highest BCUT2D eigenvalue weighted by Crippen LogP contribution is 2.19. The van der Waals surface area contributed by atoms with Gasteiger partial charge in [-0.1, -0.05) is 26.0 Å². The van der Waals surface area contributed by atoms with Gasteiger partial charge in [-0.05, 0) is 30.5 Å². The van der Waals surface area contributed by atoms with Gasteiger partial charge in [-0.3, -0.25) is 9.59 Å². The lowest BCUT2D eigenvalue weighted by atomic mass is 9.93. The molecule has 1 aliphatic rings. The minimum absolute atomic E-state index is 0.00378. The third-order valence-electron chi connectivity index (χ3n) is 4.60. The molecule has 0 aromatic heterocycles. The van der Waals surface area contributed by atoms with Gasteiger partial charge >= 0.3 is 0 Å². The van der Waals surface area contributed by atoms with E-state index in [0.29, 0.717) is 38.9 Å². The number of aliphatic hydroxyl groups is 1. The Morgan fingerprint density at radius 1 is 1.44 bits per heavy atom. The average molecular weight is 350 g/mol. The summed E-state index contributed by atoms with van der Waals surface area (Å²) in [6.07, 6.45) is 1.46. The Morgan fingerprint density at radius 3 is 2.88 bits per heavy atom. The highest BCUT2D eigenvalue weighted by atomic mass is 19.1. The number of benzene rings is 1. The predicted molar refractivity (Wildman–Crippen MR) is 93.3 cm³/mol. The second-order valence-corrected chi connectivity index (χ2v) is 7.50. The fourth-order valence-electron chi connectivity index (χ4n) is 2.83. The van der Waals surface area contributed by atoms with Gasteiger partial charge < -0.3 is 15.3 Å². The zero-order chi connectivity index (χ0) is 18.4. The first-order valence-corrected chi connectivity index (χ1v) is 8.71. The van der Waals surface area contributed by atoms with Gasteiger partial charge in [0.05, 0.1) is 5.92 Å². The maximum atomic E-state index is 13.2. The normalized spacial score (nSPS) is 18.3. The van der Waals surface area contributed by atoms with E-state index in [1.165, 1.54) is 12.1 Å². The Bertz CT molecular complexity index is 618. The van der Waals surface area contributed by atoms with Gasteiger partial charge in [0, 0.05) is 38.1 Å². The molecule has 0 saturated carbocycles. The molecule has 1 heterocycles. The van der Waals surface area contributed by atoms with E-state index in [1.54, 1.807) is 11.0 Å². The summed E-state index contributed by atoms with van der Waals surface area (Å²) >= 11 is 0. The van der Waals surface area contributed by atoms with Crippen LogP contribution in [0.3, 0.4) is 0 Å². The molecule has 1 aromatic carbocycles. The van der Waals surface area contributed by atoms with Crippen molar-refractivity contribution in [2.75, 3.05) is 26.2 Å². The van der Waals surface area contributed by atoms with Gasteiger partial charge in [0.1, 0.15) is 5.82 Å². The molecular formula is C19H27FN2O3. The van der Waals surface area contributed by atoms with Crippen LogP contribution < -0.4 is 5.32 Å². The number of carbonyl (C=O) groups excluding carboxylic acids is 2. The highest BCUT2D eigenvalue weighted by Gasteiger charge is 2.30. The van der Waals surface area contributed by atoms with E-state index in [0.717, 1.165) is 5.56 Å². The van der Waals surface area contributed by atoms with Crippen molar-refractivity contribution in [1.29, 1.82) is 0 Å². The maximum absolute atomic E-state index is 13.2. The van der Waals surface area contributed by atoms with Crippen LogP contribution in [0.15, 0.2) is 24.3 Å². The van der Waals surface area contributed by atoms with Crippen LogP contribution in [-0.2, 0) is 16.0 Å². The number of nitrogens with one attached hydrogen (secondary N) is 1. The second-order valence-electron chi connectivity index (χ2n) is 7.50. The van der Waals surface area contributed by atoms with Crippen LogP contribution in [0.1, 0.15) is 32.3 Å². The van der Waals surface area contributed by atoms with Crippen molar-refractivity contribution in [2.24, 2.45) is 11.3 Å². The van der Waals surface area contributed by atoms with Gasteiger partial charge in [-0.2, -0.15) is 0 Å². The Kier molecular flexibility index (Phi) is 6.53. The highest BCUT2D eigenvalue weighted by molar-refractivity contribution is 5.83. The van der Waals surface area contributed by atoms with Crippen molar-refractivity contribution in [3.63, 3.8) is 0 Å². The summed E-state index contributed by atoms with van der Waals surface area (Å²) in [7, 11) is 0. The minimum atomic E-state index is -0.364. The van der Waals surface area contributed by atoms with E-state index in [1.807, 2.05) is 19.9 Å². The molecule has 0 aliphatic carbocycles. The molecule has 138 valence electrons. The van der Waals surface area contributed by atoms with Crippen molar-refractivity contribution >= 4 is 11.8 Å². The molecule has 0 unspecified atom stereocenters. The summed E-state index contributed by atoms with van der Waals surface area (Å²) in [5.41, 5.74) is 0.473. The minimum Gasteiger partial charge on any atom is -0.396 e. The van der Waals surface area contributed by atoms with Crippen LogP contribution in [-0.4, -0.2) is 48.1 Å². The molecule has 1 atom stereocenters. The molecule has 0 bridgehead atoms. The van der Waals surface area contributed by atoms with E-state index >= 15 is 0 Å². The maximum Gasteiger partial charge on any atom is 0.224 e. The van der Waals surface area contributed by atoms with Gasteiger partial charge in [0.2, 0.25) is 11.8 Å². The molecular weight excluding hydrogens is 323 g/mol. The number of carbonyl (C=O) groups is 2. The quantitative estimate of drug-likeness (QED) is 0.787. The summed E-state index contributed by atoms with van der Waals surface area (Å²) in [5.74, 6) is -0.563. The molecule has 1 fully saturated rings. The molecule has 2 N–H and O–H groups in total. The van der Waals surface area contributed by atoms with Crippen LogP contribution in [0.25, 0.3) is 0 Å². The van der Waals surface area contributed by atoms with Crippen LogP contribution in [0, 0.1) is 17.2 Å². The van der Waals surface area contributed by atoms with Crippen molar-refractivity contribution in [3.8, 4) is 0 Å². The van der Waals surface area contributed by atoms with Crippen LogP contribution in [0.2, 0.25) is 0 Å². The lowest BCUT2D eigenvalue weighted by molar-refractivity contribution is -0.138. The first-order chi connectivity index (χ1) is 11.8. The van der Waals surface area contributed by atoms with Crippen molar-refractivity contribution < 1.29 is 19.1 Å². The molecule has 0 spiro atoms. The number of rotatable bonds is 7. The number of nitrogens with zero attached hydrogens (tertiary/aromatic N) is 1. The van der Waals surface area contributed by atoms with E-state index in [9.17, 15) is 19.1 Å². The molecule has 6 heteroatoms. The molecule has 2 amide bonds. The van der Waals surface area contributed by atoms with Crippen molar-refractivity contribution in [3.05, 3.63) is 35.6 Å². The largest absolute Gasteiger partial charge is 0.396 e. The summed E-state index contributed by atoms with van der Waals surface area (Å²) in [5, 5.41) is 12.1. The topological polar surface area (TPSA) is 69.6 Å². The molecule has 0 radical (unpaired) electrons. The van der Waals surface area contributed by atoms with E-state index in [2.05, 4.69) is 5.32 Å². The van der Waals surface area contributed by atoms with Gasteiger partial charge in [0.25, 0.3) is 0 Å². The first kappa shape index (κ1) is 19.4. The first-order valence-electron chi connectivity index (χ1n) is 8.71. The lowest BCUT2D eigenvalue weighted by Crippen LogP contribution is -2.48. The van der Waals surface area contributed by atoms with Crippen molar-refractivity contribution in [2.45, 2.75) is 33.1 Å². The Morgan fingerprint density at radius 2 is 2.20 bits per heavy atom. The summed E-state index contributed by atoms with van der Waals surface area (Å²) < 4.78 is 13.2. The zero-order valence-electron chi connectivity index (χ0n) is 14.9. The van der Waals surface area contributed by atoms with Crippen LogP contribution >= 0.6 is 0 Å². The van der Waals surface area contributed by atoms with Crippen molar-refractivity contribution in [1.82, 2.24) is 10.2 Å². The standard InChI is InChI=1S/C19H27FN2O3/c1-19(2,13-23)12-21-18(25)15-6-7-17(24)22(11-15)9-8-14-4-3-5-16(20)10-14/h3-5,10,15,23H,6-9,11-13H2,1-2H3,(H,21,25)/t15-/m0/s1. The number of hydrogen-bond acceptors (Lipinski definition) is 3. The molecule has 1 aromatic rings. The second kappa shape index (κ2) is 8.43. The Hall–Kier alpha value is -1.95. The summed E-state index contributed by atoms with van der Waals surface area (Å²) in [6.45, 7) is 5.02. The number of likely N-dealkylation sites (tertiary alicyclic amines) is 1. The lowest BCUT2D eigenvalue weighted by Gasteiger charge is -2.32. The number of aliphatic hydroxyl groups excluding tert-OH is 1. The third kappa shape index (κ3) is 5.81. The molecule has 2 rings (SSSR count). The van der Waals surface area contributed by atoms with Crippen LogP contribution in [0.4, 0.5) is 4.39 Å². The summed E-state index contributed by atoms with van der Waals surface area (Å²) in [6, 6.07) is 6.35. The van der Waals surface area contributed by atoms with Gasteiger partial charge in [-0.15, -0.1) is 0 Å². The third-order valence-corrected chi connectivity index (χ3v) is 4.60. The molecule has 1 aliphatic heterocycles. The average Bonchev–Trinajstić information content (AvgIpc) is 2.59. The fraction of sp³-hybridized carbons (Fsp3) is 0.579. The zero-order valence-corrected chi connectivity index (χ0v) is 14.9. The van der Waals surface area contributed by atoms with Gasteiger partial charge in [0.15, 0.2) is 0 Å². The molecule has 1 saturated heterocycles. The van der Waals surface area contributed by atoms with E-state index < -0.39 is 0 Å². The SMILES string of the molecule is CC(C)(CO)CNC(=O)[C@H]1CCC(=O)N(CCc2cccc(F)c2)C1. The molecule has 5 nitrogen and oxygen atoms in total. The van der Waals surface area contributed by atoms with Gasteiger partial charge in [-0.25, -0.2) is 4.39 Å². The number of piperidine rings is 1. The number of amides is 2. The van der Waals surface area contributed by atoms with Crippen LogP contribution in [0.5, 0.6) is 0 Å². The van der Waals surface area contributed by atoms with E-state index in [4.69, 9.17) is 0 Å². The predicted octanol–water partition coefficient (Wildman–Crippen LogP) is 1.74. The van der Waals surface area contributed by atoms with E-state index in [-0.39, 0.29) is 35.6 Å². The number of hydrogen-bond donors (Lipinski definition) is 2. The smallest absolute Gasteiger partial charge is 0.224 e. The monoisotopic (exact) mass is 350 g/mol. The number of halogens is 1. The summed E-state index contributed by atoms with van der Waals surface area (Å²) in [4.78, 5) is 26.1. The fourth-order valence-corrected chi connectivity index (χ4v) is 2.83. The molecule has 25 heavy (non-hydrogen) atoms. The Balaban J connectivity index is 1.87. The Labute approximate surface area is 148 Å².